The van der Waals surface area contributed by atoms with Crippen LogP contribution >= 0.6 is 0 Å². The lowest BCUT2D eigenvalue weighted by atomic mass is 9.92. The fraction of sp³-hybridized carbons (Fsp3) is 0.429. The van der Waals surface area contributed by atoms with Gasteiger partial charge in [-0.25, -0.2) is 0 Å². The lowest BCUT2D eigenvalue weighted by Crippen LogP contribution is -2.34. The summed E-state index contributed by atoms with van der Waals surface area (Å²) in [5, 5.41) is 0. The van der Waals surface area contributed by atoms with Crippen LogP contribution in [0.5, 0.6) is 0 Å². The molecule has 0 saturated heterocycles. The first-order valence-electron chi connectivity index (χ1n) is 5.81. The Hall–Kier alpha value is -1.68. The molecular formula is C14H19NO3. The molecular weight excluding hydrogens is 230 g/mol. The largest absolute Gasteiger partial charge is 0.469 e. The summed E-state index contributed by atoms with van der Waals surface area (Å²) < 4.78 is 4.52. The van der Waals surface area contributed by atoms with E-state index in [1.807, 2.05) is 32.9 Å². The first kappa shape index (κ1) is 14.4. The number of carbonyl (C=O) groups excluding carboxylic acids is 2. The number of carbonyl (C=O) groups is 2. The van der Waals surface area contributed by atoms with Crippen LogP contribution in [0.3, 0.4) is 0 Å². The Morgan fingerprint density at radius 3 is 2.17 bits per heavy atom. The van der Waals surface area contributed by atoms with E-state index in [1.165, 1.54) is 7.11 Å². The number of rotatable bonds is 4. The van der Waals surface area contributed by atoms with Crippen molar-refractivity contribution in [1.29, 1.82) is 0 Å². The number of aryl methyl sites for hydroxylation is 3. The Kier molecular flexibility index (Phi) is 4.62. The molecule has 1 rings (SSSR count). The van der Waals surface area contributed by atoms with Gasteiger partial charge in [0.2, 0.25) is 0 Å². The fourth-order valence-electron chi connectivity index (χ4n) is 2.11. The number of esters is 1. The highest BCUT2D eigenvalue weighted by molar-refractivity contribution is 6.03. The highest BCUT2D eigenvalue weighted by Crippen LogP contribution is 2.18. The molecule has 0 aromatic heterocycles. The van der Waals surface area contributed by atoms with Gasteiger partial charge in [0, 0.05) is 5.56 Å². The lowest BCUT2D eigenvalue weighted by Gasteiger charge is -2.14. The molecule has 0 bridgehead atoms. The number of ketones is 1. The second kappa shape index (κ2) is 5.78. The normalized spacial score (nSPS) is 12.1. The predicted molar refractivity (Wildman–Crippen MR) is 69.6 cm³/mol. The van der Waals surface area contributed by atoms with Crippen LogP contribution in [-0.4, -0.2) is 24.9 Å². The van der Waals surface area contributed by atoms with E-state index in [1.54, 1.807) is 0 Å². The summed E-state index contributed by atoms with van der Waals surface area (Å²) in [5.74, 6) is -0.686. The number of hydrogen-bond acceptors (Lipinski definition) is 4. The Morgan fingerprint density at radius 1 is 1.22 bits per heavy atom. The molecule has 1 aromatic rings. The van der Waals surface area contributed by atoms with Crippen LogP contribution in [0.4, 0.5) is 0 Å². The van der Waals surface area contributed by atoms with E-state index in [-0.39, 0.29) is 12.2 Å². The van der Waals surface area contributed by atoms with Gasteiger partial charge in [-0.3, -0.25) is 9.59 Å². The van der Waals surface area contributed by atoms with Gasteiger partial charge in [0.1, 0.15) is 0 Å². The zero-order chi connectivity index (χ0) is 13.9. The van der Waals surface area contributed by atoms with Crippen molar-refractivity contribution in [3.63, 3.8) is 0 Å². The van der Waals surface area contributed by atoms with Crippen LogP contribution in [-0.2, 0) is 9.53 Å². The molecule has 0 aliphatic carbocycles. The van der Waals surface area contributed by atoms with Gasteiger partial charge in [0.15, 0.2) is 5.78 Å². The number of Topliss-reactive ketones (excluding diaryl/α,β-unsaturated/α-hetero) is 1. The van der Waals surface area contributed by atoms with Crippen molar-refractivity contribution in [3.8, 4) is 0 Å². The molecule has 0 amide bonds. The van der Waals surface area contributed by atoms with E-state index in [4.69, 9.17) is 5.73 Å². The van der Waals surface area contributed by atoms with Crippen LogP contribution < -0.4 is 5.73 Å². The molecule has 1 unspecified atom stereocenters. The second-order valence-electron chi connectivity index (χ2n) is 4.52. The van der Waals surface area contributed by atoms with Crippen LogP contribution in [0.1, 0.15) is 33.5 Å². The minimum atomic E-state index is -0.849. The Morgan fingerprint density at radius 2 is 1.72 bits per heavy atom. The summed E-state index contributed by atoms with van der Waals surface area (Å²) in [6.07, 6.45) is -0.0951. The third kappa shape index (κ3) is 3.17. The molecule has 0 saturated carbocycles. The maximum Gasteiger partial charge on any atom is 0.307 e. The molecule has 18 heavy (non-hydrogen) atoms. The molecule has 4 heteroatoms. The number of hydrogen-bond donors (Lipinski definition) is 1. The average Bonchev–Trinajstić information content (AvgIpc) is 2.27. The van der Waals surface area contributed by atoms with Crippen LogP contribution in [0.2, 0.25) is 0 Å². The first-order valence-corrected chi connectivity index (χ1v) is 5.81. The molecule has 0 radical (unpaired) electrons. The number of nitrogens with two attached hydrogens (primary N) is 1. The first-order chi connectivity index (χ1) is 8.36. The molecule has 0 spiro atoms. The van der Waals surface area contributed by atoms with E-state index in [9.17, 15) is 9.59 Å². The standard InChI is InChI=1S/C14H19NO3/c1-8-5-9(2)13(10(3)6-8)14(17)11(15)7-12(16)18-4/h5-6,11H,7,15H2,1-4H3. The molecule has 0 heterocycles. The SMILES string of the molecule is COC(=O)CC(N)C(=O)c1c(C)cc(C)cc1C. The maximum absolute atomic E-state index is 12.2. The molecule has 4 nitrogen and oxygen atoms in total. The van der Waals surface area contributed by atoms with Crippen molar-refractivity contribution in [1.82, 2.24) is 0 Å². The molecule has 1 atom stereocenters. The molecule has 0 aliphatic heterocycles. The highest BCUT2D eigenvalue weighted by Gasteiger charge is 2.22. The Bertz CT molecular complexity index is 457. The Labute approximate surface area is 107 Å². The zero-order valence-corrected chi connectivity index (χ0v) is 11.2. The topological polar surface area (TPSA) is 69.4 Å². The van der Waals surface area contributed by atoms with Crippen molar-refractivity contribution in [2.75, 3.05) is 7.11 Å². The van der Waals surface area contributed by atoms with Crippen LogP contribution in [0.25, 0.3) is 0 Å². The summed E-state index contributed by atoms with van der Waals surface area (Å²) in [4.78, 5) is 23.3. The average molecular weight is 249 g/mol. The molecule has 98 valence electrons. The van der Waals surface area contributed by atoms with Crippen molar-refractivity contribution < 1.29 is 14.3 Å². The van der Waals surface area contributed by atoms with Crippen molar-refractivity contribution >= 4 is 11.8 Å². The maximum atomic E-state index is 12.2. The number of benzene rings is 1. The van der Waals surface area contributed by atoms with Gasteiger partial charge >= 0.3 is 5.97 Å². The number of methoxy groups -OCH3 is 1. The van der Waals surface area contributed by atoms with Gasteiger partial charge in [-0.15, -0.1) is 0 Å². The Balaban J connectivity index is 3.00. The van der Waals surface area contributed by atoms with E-state index in [2.05, 4.69) is 4.74 Å². The van der Waals surface area contributed by atoms with Gasteiger partial charge in [0.05, 0.1) is 19.6 Å². The van der Waals surface area contributed by atoms with E-state index in [0.717, 1.165) is 16.7 Å². The van der Waals surface area contributed by atoms with Crippen molar-refractivity contribution in [3.05, 3.63) is 34.4 Å². The summed E-state index contributed by atoms with van der Waals surface area (Å²) >= 11 is 0. The van der Waals surface area contributed by atoms with Gasteiger partial charge < -0.3 is 10.5 Å². The van der Waals surface area contributed by atoms with Gasteiger partial charge in [-0.1, -0.05) is 17.7 Å². The van der Waals surface area contributed by atoms with Gasteiger partial charge in [-0.05, 0) is 31.9 Å². The quantitative estimate of drug-likeness (QED) is 0.651. The van der Waals surface area contributed by atoms with E-state index in [0.29, 0.717) is 5.56 Å². The monoisotopic (exact) mass is 249 g/mol. The molecule has 2 N–H and O–H groups in total. The minimum absolute atomic E-state index is 0.0951. The summed E-state index contributed by atoms with van der Waals surface area (Å²) in [6, 6.07) is 3.02. The lowest BCUT2D eigenvalue weighted by molar-refractivity contribution is -0.140. The summed E-state index contributed by atoms with van der Waals surface area (Å²) in [5.41, 5.74) is 9.23. The third-order valence-corrected chi connectivity index (χ3v) is 2.87. The fourth-order valence-corrected chi connectivity index (χ4v) is 2.11. The van der Waals surface area contributed by atoms with Crippen molar-refractivity contribution in [2.24, 2.45) is 5.73 Å². The van der Waals surface area contributed by atoms with E-state index < -0.39 is 12.0 Å². The van der Waals surface area contributed by atoms with Gasteiger partial charge in [0.25, 0.3) is 0 Å². The molecule has 1 aromatic carbocycles. The number of ether oxygens (including phenoxy) is 1. The molecule has 0 fully saturated rings. The minimum Gasteiger partial charge on any atom is -0.469 e. The van der Waals surface area contributed by atoms with E-state index >= 15 is 0 Å². The third-order valence-electron chi connectivity index (χ3n) is 2.87. The second-order valence-corrected chi connectivity index (χ2v) is 4.52. The highest BCUT2D eigenvalue weighted by atomic mass is 16.5. The smallest absolute Gasteiger partial charge is 0.307 e. The van der Waals surface area contributed by atoms with Crippen LogP contribution in [0, 0.1) is 20.8 Å². The zero-order valence-electron chi connectivity index (χ0n) is 11.2. The molecule has 0 aliphatic rings. The predicted octanol–water partition coefficient (Wildman–Crippen LogP) is 1.68. The van der Waals surface area contributed by atoms with Gasteiger partial charge in [-0.2, -0.15) is 0 Å². The summed E-state index contributed by atoms with van der Waals surface area (Å²) in [6.45, 7) is 5.72. The van der Waals surface area contributed by atoms with Crippen LogP contribution in [0.15, 0.2) is 12.1 Å². The summed E-state index contributed by atoms with van der Waals surface area (Å²) in [7, 11) is 1.28. The van der Waals surface area contributed by atoms with Crippen molar-refractivity contribution in [2.45, 2.75) is 33.2 Å².